The fourth-order valence-corrected chi connectivity index (χ4v) is 2.38. The van der Waals surface area contributed by atoms with Crippen LogP contribution in [0.4, 0.5) is 4.39 Å². The van der Waals surface area contributed by atoms with Gasteiger partial charge in [-0.25, -0.2) is 0 Å². The summed E-state index contributed by atoms with van der Waals surface area (Å²) in [6.07, 6.45) is 3.21. The lowest BCUT2D eigenvalue weighted by molar-refractivity contribution is 0.342. The highest BCUT2D eigenvalue weighted by atomic mass is 19.1. The van der Waals surface area contributed by atoms with E-state index >= 15 is 0 Å². The summed E-state index contributed by atoms with van der Waals surface area (Å²) in [6.45, 7) is -0.217. The molecule has 1 N–H and O–H groups in total. The molecule has 1 nitrogen and oxygen atoms in total. The van der Waals surface area contributed by atoms with Crippen molar-refractivity contribution < 1.29 is 9.50 Å². The second-order valence-electron chi connectivity index (χ2n) is 4.04. The van der Waals surface area contributed by atoms with E-state index in [-0.39, 0.29) is 18.3 Å². The summed E-state index contributed by atoms with van der Waals surface area (Å²) in [4.78, 5) is 0. The van der Waals surface area contributed by atoms with Crippen LogP contribution in [0.5, 0.6) is 5.75 Å². The first-order valence-electron chi connectivity index (χ1n) is 5.16. The zero-order valence-corrected chi connectivity index (χ0v) is 8.12. The molecule has 0 spiro atoms. The number of phenols is 1. The smallest absolute Gasteiger partial charge is 0.115 e. The van der Waals surface area contributed by atoms with Crippen molar-refractivity contribution in [2.45, 2.75) is 25.2 Å². The molecule has 0 heterocycles. The van der Waals surface area contributed by atoms with Crippen molar-refractivity contribution in [3.8, 4) is 5.75 Å². The molecule has 14 heavy (non-hydrogen) atoms. The molecular formula is C12H15FO. The molecule has 1 aromatic carbocycles. The van der Waals surface area contributed by atoms with Crippen molar-refractivity contribution in [1.29, 1.82) is 0 Å². The third kappa shape index (κ3) is 1.74. The van der Waals surface area contributed by atoms with Gasteiger partial charge >= 0.3 is 0 Å². The lowest BCUT2D eigenvalue weighted by Gasteiger charge is -2.16. The highest BCUT2D eigenvalue weighted by Gasteiger charge is 2.28. The largest absolute Gasteiger partial charge is 0.508 e. The summed E-state index contributed by atoms with van der Waals surface area (Å²) in [5.74, 6) is 0.837. The number of halogens is 1. The maximum absolute atomic E-state index is 12.7. The van der Waals surface area contributed by atoms with Crippen LogP contribution in [0.1, 0.15) is 30.7 Å². The Hall–Kier alpha value is -1.05. The minimum atomic E-state index is -0.217. The fraction of sp³-hybridized carbons (Fsp3) is 0.500. The third-order valence-electron chi connectivity index (χ3n) is 3.18. The predicted octanol–water partition coefficient (Wildman–Crippen LogP) is 3.25. The van der Waals surface area contributed by atoms with Crippen LogP contribution >= 0.6 is 0 Å². The number of rotatable bonds is 2. The van der Waals surface area contributed by atoms with Gasteiger partial charge in [0.1, 0.15) is 5.75 Å². The first-order chi connectivity index (χ1) is 6.81. The standard InChI is InChI=1S/C12H15FO/c13-8-10-2-1-3-12(10)9-4-6-11(14)7-5-9/h4-7,10,12,14H,1-3,8H2. The van der Waals surface area contributed by atoms with Crippen LogP contribution in [0.3, 0.4) is 0 Å². The van der Waals surface area contributed by atoms with Crippen LogP contribution in [0.2, 0.25) is 0 Å². The average Bonchev–Trinajstić information content (AvgIpc) is 2.67. The van der Waals surface area contributed by atoms with Gasteiger partial charge in [0.05, 0.1) is 6.67 Å². The Kier molecular flexibility index (Phi) is 2.71. The minimum Gasteiger partial charge on any atom is -0.508 e. The lowest BCUT2D eigenvalue weighted by Crippen LogP contribution is -2.07. The Labute approximate surface area is 83.6 Å². The number of benzene rings is 1. The van der Waals surface area contributed by atoms with Crippen molar-refractivity contribution in [3.05, 3.63) is 29.8 Å². The molecule has 1 saturated carbocycles. The molecule has 2 heteroatoms. The van der Waals surface area contributed by atoms with Gasteiger partial charge in [-0.2, -0.15) is 0 Å². The van der Waals surface area contributed by atoms with Gasteiger partial charge in [-0.15, -0.1) is 0 Å². The van der Waals surface area contributed by atoms with Gasteiger partial charge in [-0.05, 0) is 42.4 Å². The van der Waals surface area contributed by atoms with E-state index in [0.717, 1.165) is 19.3 Å². The van der Waals surface area contributed by atoms with E-state index in [1.165, 1.54) is 5.56 Å². The van der Waals surface area contributed by atoms with E-state index in [0.29, 0.717) is 5.92 Å². The molecule has 76 valence electrons. The van der Waals surface area contributed by atoms with E-state index < -0.39 is 0 Å². The van der Waals surface area contributed by atoms with Crippen molar-refractivity contribution in [1.82, 2.24) is 0 Å². The van der Waals surface area contributed by atoms with Crippen molar-refractivity contribution in [3.63, 3.8) is 0 Å². The fourth-order valence-electron chi connectivity index (χ4n) is 2.38. The molecule has 1 aromatic rings. The first-order valence-corrected chi connectivity index (χ1v) is 5.16. The van der Waals surface area contributed by atoms with E-state index in [2.05, 4.69) is 0 Å². The molecule has 2 atom stereocenters. The summed E-state index contributed by atoms with van der Waals surface area (Å²) < 4.78 is 12.7. The topological polar surface area (TPSA) is 20.2 Å². The quantitative estimate of drug-likeness (QED) is 0.766. The van der Waals surface area contributed by atoms with Gasteiger partial charge in [-0.1, -0.05) is 18.6 Å². The number of alkyl halides is 1. The summed E-state index contributed by atoms with van der Waals surface area (Å²) in [7, 11) is 0. The minimum absolute atomic E-state index is 0.194. The van der Waals surface area contributed by atoms with Crippen molar-refractivity contribution >= 4 is 0 Å². The Morgan fingerprint density at radius 2 is 1.93 bits per heavy atom. The monoisotopic (exact) mass is 194 g/mol. The van der Waals surface area contributed by atoms with Gasteiger partial charge in [0.2, 0.25) is 0 Å². The second kappa shape index (κ2) is 3.99. The van der Waals surface area contributed by atoms with Gasteiger partial charge in [-0.3, -0.25) is 4.39 Å². The summed E-state index contributed by atoms with van der Waals surface area (Å²) in [5.41, 5.74) is 1.17. The molecule has 0 aliphatic heterocycles. The normalized spacial score (nSPS) is 26.6. The van der Waals surface area contributed by atoms with Gasteiger partial charge < -0.3 is 5.11 Å². The molecule has 1 fully saturated rings. The molecule has 0 saturated heterocycles. The van der Waals surface area contributed by atoms with E-state index in [1.807, 2.05) is 12.1 Å². The molecule has 0 radical (unpaired) electrons. The Bertz CT molecular complexity index is 294. The van der Waals surface area contributed by atoms with Gasteiger partial charge in [0, 0.05) is 0 Å². The van der Waals surface area contributed by atoms with Crippen LogP contribution in [-0.4, -0.2) is 11.8 Å². The Balaban J connectivity index is 2.17. The number of hydrogen-bond donors (Lipinski definition) is 1. The number of phenolic OH excluding ortho intramolecular Hbond substituents is 1. The van der Waals surface area contributed by atoms with Gasteiger partial charge in [0.15, 0.2) is 0 Å². The third-order valence-corrected chi connectivity index (χ3v) is 3.18. The average molecular weight is 194 g/mol. The first kappa shape index (κ1) is 9.50. The highest BCUT2D eigenvalue weighted by Crippen LogP contribution is 2.39. The zero-order chi connectivity index (χ0) is 9.97. The van der Waals surface area contributed by atoms with Crippen molar-refractivity contribution in [2.24, 2.45) is 5.92 Å². The molecule has 0 aromatic heterocycles. The van der Waals surface area contributed by atoms with Crippen LogP contribution in [0.15, 0.2) is 24.3 Å². The molecule has 0 bridgehead atoms. The van der Waals surface area contributed by atoms with E-state index in [1.54, 1.807) is 12.1 Å². The maximum atomic E-state index is 12.7. The van der Waals surface area contributed by atoms with Gasteiger partial charge in [0.25, 0.3) is 0 Å². The highest BCUT2D eigenvalue weighted by molar-refractivity contribution is 5.29. The Morgan fingerprint density at radius 3 is 2.57 bits per heavy atom. The molecule has 2 unspecified atom stereocenters. The molecule has 2 rings (SSSR count). The van der Waals surface area contributed by atoms with Crippen molar-refractivity contribution in [2.75, 3.05) is 6.67 Å². The molecule has 1 aliphatic carbocycles. The number of hydrogen-bond acceptors (Lipinski definition) is 1. The lowest BCUT2D eigenvalue weighted by atomic mass is 9.90. The molecule has 1 aliphatic rings. The van der Waals surface area contributed by atoms with Crippen LogP contribution in [-0.2, 0) is 0 Å². The van der Waals surface area contributed by atoms with Crippen LogP contribution in [0.25, 0.3) is 0 Å². The maximum Gasteiger partial charge on any atom is 0.115 e. The summed E-state index contributed by atoms with van der Waals surface area (Å²) in [6, 6.07) is 7.19. The van der Waals surface area contributed by atoms with Crippen LogP contribution in [0, 0.1) is 5.92 Å². The molecular weight excluding hydrogens is 179 g/mol. The van der Waals surface area contributed by atoms with E-state index in [4.69, 9.17) is 5.11 Å². The zero-order valence-electron chi connectivity index (χ0n) is 8.12. The summed E-state index contributed by atoms with van der Waals surface area (Å²) in [5, 5.41) is 9.15. The number of aromatic hydroxyl groups is 1. The predicted molar refractivity (Wildman–Crippen MR) is 54.2 cm³/mol. The Morgan fingerprint density at radius 1 is 1.21 bits per heavy atom. The summed E-state index contributed by atoms with van der Waals surface area (Å²) >= 11 is 0. The SMILES string of the molecule is Oc1ccc(C2CCCC2CF)cc1. The van der Waals surface area contributed by atoms with E-state index in [9.17, 15) is 4.39 Å². The second-order valence-corrected chi connectivity index (χ2v) is 4.04. The van der Waals surface area contributed by atoms with Crippen LogP contribution < -0.4 is 0 Å². The molecule has 0 amide bonds.